The Morgan fingerprint density at radius 3 is 2.85 bits per heavy atom. The Kier molecular flexibility index (Phi) is 5.35. The zero-order valence-electron chi connectivity index (χ0n) is 15.0. The molecule has 4 rings (SSSR count). The van der Waals surface area contributed by atoms with E-state index in [0.717, 1.165) is 37.4 Å². The maximum Gasteiger partial charge on any atom is 0.290 e. The van der Waals surface area contributed by atoms with Gasteiger partial charge in [0.15, 0.2) is 5.69 Å². The molecule has 140 valence electrons. The molecule has 0 aliphatic carbocycles. The van der Waals surface area contributed by atoms with E-state index in [1.165, 1.54) is 5.56 Å². The minimum Gasteiger partial charge on any atom is -0.483 e. The highest BCUT2D eigenvalue weighted by Crippen LogP contribution is 2.25. The summed E-state index contributed by atoms with van der Waals surface area (Å²) in [7, 11) is 2.00. The van der Waals surface area contributed by atoms with Gasteiger partial charge in [-0.2, -0.15) is 10.4 Å². The standard InChI is InChI=1S/C17H18N6O.CH2O2/c1-21-8-5-12-3-4-15(19-16(12)21)17(24)22-6-2-7-23-14(11-22)9-13(10-18)20-23;2-1-3/h3-4,9H,2,5-8,11H2,1H3;1H,(H,2,3). The first-order valence-corrected chi connectivity index (χ1v) is 8.62. The molecule has 2 aromatic heterocycles. The quantitative estimate of drug-likeness (QED) is 0.743. The number of likely N-dealkylation sites (N-methyl/N-ethyl adjacent to an activating group) is 1. The molecule has 0 unspecified atom stereocenters. The molecule has 9 nitrogen and oxygen atoms in total. The Labute approximate surface area is 156 Å². The largest absolute Gasteiger partial charge is 0.483 e. The fourth-order valence-electron chi connectivity index (χ4n) is 3.37. The molecule has 0 saturated heterocycles. The van der Waals surface area contributed by atoms with Gasteiger partial charge in [0.2, 0.25) is 0 Å². The number of fused-ring (bicyclic) bond motifs is 2. The van der Waals surface area contributed by atoms with Crippen LogP contribution in [0.4, 0.5) is 5.82 Å². The summed E-state index contributed by atoms with van der Waals surface area (Å²) in [5, 5.41) is 20.1. The van der Waals surface area contributed by atoms with Crippen LogP contribution in [0, 0.1) is 11.3 Å². The third-order valence-corrected chi connectivity index (χ3v) is 4.67. The second-order valence-corrected chi connectivity index (χ2v) is 6.39. The van der Waals surface area contributed by atoms with E-state index in [9.17, 15) is 4.79 Å². The Morgan fingerprint density at radius 2 is 2.11 bits per heavy atom. The third kappa shape index (κ3) is 3.74. The predicted molar refractivity (Wildman–Crippen MR) is 96.2 cm³/mol. The molecule has 4 heterocycles. The number of nitriles is 1. The fraction of sp³-hybridized carbons (Fsp3) is 0.389. The van der Waals surface area contributed by atoms with Gasteiger partial charge in [0.05, 0.1) is 12.2 Å². The van der Waals surface area contributed by atoms with Crippen molar-refractivity contribution in [1.82, 2.24) is 19.7 Å². The number of amides is 1. The van der Waals surface area contributed by atoms with Crippen LogP contribution in [0.3, 0.4) is 0 Å². The SMILES string of the molecule is CN1CCc2ccc(C(=O)N3CCCn4nc(C#N)cc4C3)nc21.O=CO. The lowest BCUT2D eigenvalue weighted by molar-refractivity contribution is -0.122. The van der Waals surface area contributed by atoms with Crippen molar-refractivity contribution in [3.63, 3.8) is 0 Å². The summed E-state index contributed by atoms with van der Waals surface area (Å²) in [6, 6.07) is 7.65. The number of carboxylic acid groups (broad SMARTS) is 1. The van der Waals surface area contributed by atoms with Crippen LogP contribution in [0.1, 0.15) is 33.9 Å². The maximum absolute atomic E-state index is 12.9. The molecule has 0 atom stereocenters. The van der Waals surface area contributed by atoms with Crippen molar-refractivity contribution in [2.75, 3.05) is 25.0 Å². The second kappa shape index (κ2) is 7.86. The van der Waals surface area contributed by atoms with Crippen molar-refractivity contribution < 1.29 is 14.7 Å². The van der Waals surface area contributed by atoms with Crippen LogP contribution in [-0.4, -0.2) is 57.3 Å². The number of pyridine rings is 1. The van der Waals surface area contributed by atoms with Crippen molar-refractivity contribution >= 4 is 18.2 Å². The first-order chi connectivity index (χ1) is 13.1. The molecule has 0 spiro atoms. The summed E-state index contributed by atoms with van der Waals surface area (Å²) in [4.78, 5) is 29.7. The molecular weight excluding hydrogens is 348 g/mol. The van der Waals surface area contributed by atoms with Crippen LogP contribution in [0.25, 0.3) is 0 Å². The molecule has 27 heavy (non-hydrogen) atoms. The average molecular weight is 368 g/mol. The average Bonchev–Trinajstić information content (AvgIpc) is 3.18. The van der Waals surface area contributed by atoms with Gasteiger partial charge in [0.1, 0.15) is 17.6 Å². The predicted octanol–water partition coefficient (Wildman–Crippen LogP) is 0.889. The van der Waals surface area contributed by atoms with Gasteiger partial charge < -0.3 is 14.9 Å². The molecule has 0 radical (unpaired) electrons. The topological polar surface area (TPSA) is 115 Å². The van der Waals surface area contributed by atoms with Gasteiger partial charge in [0.25, 0.3) is 12.4 Å². The van der Waals surface area contributed by atoms with E-state index >= 15 is 0 Å². The molecule has 0 saturated carbocycles. The molecular formula is C18H20N6O3. The Balaban J connectivity index is 0.000000659. The van der Waals surface area contributed by atoms with Crippen LogP contribution in [0.2, 0.25) is 0 Å². The zero-order valence-corrected chi connectivity index (χ0v) is 15.0. The van der Waals surface area contributed by atoms with Gasteiger partial charge >= 0.3 is 0 Å². The van der Waals surface area contributed by atoms with Gasteiger partial charge in [0, 0.05) is 26.7 Å². The van der Waals surface area contributed by atoms with Crippen LogP contribution < -0.4 is 4.90 Å². The Morgan fingerprint density at radius 1 is 1.33 bits per heavy atom. The Bertz CT molecular complexity index is 901. The van der Waals surface area contributed by atoms with E-state index in [-0.39, 0.29) is 12.4 Å². The van der Waals surface area contributed by atoms with Crippen molar-refractivity contribution in [1.29, 1.82) is 5.26 Å². The minimum absolute atomic E-state index is 0.0637. The van der Waals surface area contributed by atoms with E-state index in [2.05, 4.69) is 21.1 Å². The van der Waals surface area contributed by atoms with E-state index in [1.807, 2.05) is 23.9 Å². The number of nitrogens with zero attached hydrogens (tertiary/aromatic N) is 6. The molecule has 2 aliphatic heterocycles. The highest BCUT2D eigenvalue weighted by molar-refractivity contribution is 5.93. The molecule has 0 aromatic carbocycles. The second-order valence-electron chi connectivity index (χ2n) is 6.39. The number of carbonyl (C=O) groups is 2. The summed E-state index contributed by atoms with van der Waals surface area (Å²) >= 11 is 0. The van der Waals surface area contributed by atoms with Gasteiger partial charge in [-0.25, -0.2) is 4.98 Å². The van der Waals surface area contributed by atoms with Crippen LogP contribution >= 0.6 is 0 Å². The van der Waals surface area contributed by atoms with Crippen molar-refractivity contribution in [2.24, 2.45) is 0 Å². The van der Waals surface area contributed by atoms with Gasteiger partial charge in [-0.15, -0.1) is 0 Å². The summed E-state index contributed by atoms with van der Waals surface area (Å²) in [5.74, 6) is 0.846. The van der Waals surface area contributed by atoms with E-state index < -0.39 is 0 Å². The first kappa shape index (κ1) is 18.4. The van der Waals surface area contributed by atoms with E-state index in [0.29, 0.717) is 24.5 Å². The molecule has 2 aliphatic rings. The summed E-state index contributed by atoms with van der Waals surface area (Å²) in [6.07, 6.45) is 1.79. The highest BCUT2D eigenvalue weighted by atomic mass is 16.3. The number of hydrogen-bond acceptors (Lipinski definition) is 6. The number of aryl methyl sites for hydroxylation is 1. The van der Waals surface area contributed by atoms with Gasteiger partial charge in [-0.05, 0) is 30.5 Å². The smallest absolute Gasteiger partial charge is 0.290 e. The minimum atomic E-state index is -0.250. The normalized spacial score (nSPS) is 15.0. The third-order valence-electron chi connectivity index (χ3n) is 4.67. The molecule has 2 aromatic rings. The monoisotopic (exact) mass is 368 g/mol. The number of carbonyl (C=O) groups excluding carboxylic acids is 1. The highest BCUT2D eigenvalue weighted by Gasteiger charge is 2.25. The fourth-order valence-corrected chi connectivity index (χ4v) is 3.37. The van der Waals surface area contributed by atoms with Crippen molar-refractivity contribution in [3.8, 4) is 6.07 Å². The van der Waals surface area contributed by atoms with Crippen molar-refractivity contribution in [3.05, 3.63) is 40.8 Å². The lowest BCUT2D eigenvalue weighted by Crippen LogP contribution is -2.31. The maximum atomic E-state index is 12.9. The lowest BCUT2D eigenvalue weighted by Gasteiger charge is -2.20. The lowest BCUT2D eigenvalue weighted by atomic mass is 10.2. The summed E-state index contributed by atoms with van der Waals surface area (Å²) in [5.41, 5.74) is 2.98. The molecule has 9 heteroatoms. The molecule has 1 N–H and O–H groups in total. The van der Waals surface area contributed by atoms with Gasteiger partial charge in [-0.3, -0.25) is 14.3 Å². The van der Waals surface area contributed by atoms with Crippen LogP contribution in [0.5, 0.6) is 0 Å². The number of anilines is 1. The van der Waals surface area contributed by atoms with E-state index in [1.54, 1.807) is 11.0 Å². The first-order valence-electron chi connectivity index (χ1n) is 8.62. The Hall–Kier alpha value is -3.41. The van der Waals surface area contributed by atoms with Gasteiger partial charge in [-0.1, -0.05) is 6.07 Å². The van der Waals surface area contributed by atoms with Crippen molar-refractivity contribution in [2.45, 2.75) is 25.9 Å². The summed E-state index contributed by atoms with van der Waals surface area (Å²) in [6.45, 7) is 2.54. The zero-order chi connectivity index (χ0) is 19.4. The number of aromatic nitrogens is 3. The van der Waals surface area contributed by atoms with Crippen LogP contribution in [-0.2, 0) is 24.3 Å². The molecule has 0 fully saturated rings. The summed E-state index contributed by atoms with van der Waals surface area (Å²) < 4.78 is 1.83. The number of rotatable bonds is 1. The van der Waals surface area contributed by atoms with E-state index in [4.69, 9.17) is 15.2 Å². The van der Waals surface area contributed by atoms with Crippen LogP contribution in [0.15, 0.2) is 18.2 Å². The molecule has 0 bridgehead atoms. The number of hydrogen-bond donors (Lipinski definition) is 1. The molecule has 1 amide bonds.